The maximum Gasteiger partial charge on any atom is 0.236 e. The van der Waals surface area contributed by atoms with Crippen LogP contribution in [0.4, 0.5) is 0 Å². The number of hydrogen-bond donors (Lipinski definition) is 4. The Bertz CT molecular complexity index is 676. The maximum absolute atomic E-state index is 14.3. The average molecular weight is 539 g/mol. The SMILES string of the molecule is CCCC(O)(CCC)[C@H](NC(=O)C1(C(=O)N[C@H](C(C)(C)C)C(O)(CCC)CCC)CCCCC1)C(C)(C)C. The van der Waals surface area contributed by atoms with E-state index in [0.717, 1.165) is 44.9 Å². The monoisotopic (exact) mass is 538 g/mol. The van der Waals surface area contributed by atoms with Crippen molar-refractivity contribution < 1.29 is 19.8 Å². The minimum atomic E-state index is -1.20. The van der Waals surface area contributed by atoms with Gasteiger partial charge in [-0.25, -0.2) is 0 Å². The molecule has 0 aromatic rings. The fourth-order valence-corrected chi connectivity index (χ4v) is 7.12. The van der Waals surface area contributed by atoms with E-state index in [9.17, 15) is 19.8 Å². The molecule has 0 spiro atoms. The number of aliphatic hydroxyl groups is 2. The molecule has 2 amide bonds. The Hall–Kier alpha value is -1.14. The summed E-state index contributed by atoms with van der Waals surface area (Å²) in [6.45, 7) is 20.5. The standard InChI is InChI=1S/C32H62N2O4/c1-11-18-31(37,19-12-2)24(28(5,6)7)33-26(35)30(22-16-15-17-23-30)27(36)34-25(29(8,9)10)32(38,20-13-3)21-14-4/h24-25,37-38H,11-23H2,1-10H3,(H,33,35)(H,34,36)/t24-,25-/m1/s1. The molecule has 0 heterocycles. The van der Waals surface area contributed by atoms with Crippen molar-refractivity contribution in [1.82, 2.24) is 10.6 Å². The first-order valence-electron chi connectivity index (χ1n) is 15.5. The molecule has 2 atom stereocenters. The second-order valence-corrected chi connectivity index (χ2v) is 14.4. The first-order chi connectivity index (χ1) is 17.5. The van der Waals surface area contributed by atoms with Crippen LogP contribution in [0.25, 0.3) is 0 Å². The van der Waals surface area contributed by atoms with Crippen LogP contribution in [0.5, 0.6) is 0 Å². The Morgan fingerprint density at radius 2 is 0.921 bits per heavy atom. The zero-order chi connectivity index (χ0) is 29.4. The topological polar surface area (TPSA) is 98.7 Å². The van der Waals surface area contributed by atoms with Crippen LogP contribution >= 0.6 is 0 Å². The van der Waals surface area contributed by atoms with Crippen LogP contribution < -0.4 is 10.6 Å². The van der Waals surface area contributed by atoms with E-state index in [1.54, 1.807) is 0 Å². The Balaban J connectivity index is 3.50. The fraction of sp³-hybridized carbons (Fsp3) is 0.938. The summed E-state index contributed by atoms with van der Waals surface area (Å²) in [6, 6.07) is -0.964. The third-order valence-electron chi connectivity index (χ3n) is 8.67. The lowest BCUT2D eigenvalue weighted by Gasteiger charge is -2.48. The summed E-state index contributed by atoms with van der Waals surface area (Å²) < 4.78 is 0. The molecule has 1 aliphatic carbocycles. The van der Waals surface area contributed by atoms with E-state index in [1.807, 2.05) is 41.5 Å². The largest absolute Gasteiger partial charge is 0.388 e. The van der Waals surface area contributed by atoms with E-state index in [4.69, 9.17) is 0 Å². The molecule has 0 aromatic carbocycles. The Kier molecular flexibility index (Phi) is 12.8. The van der Waals surface area contributed by atoms with Gasteiger partial charge in [-0.15, -0.1) is 0 Å². The van der Waals surface area contributed by atoms with Crippen LogP contribution in [0.15, 0.2) is 0 Å². The molecule has 0 saturated heterocycles. The Morgan fingerprint density at radius 1 is 0.632 bits per heavy atom. The molecule has 1 aliphatic rings. The number of carbonyl (C=O) groups excluding carboxylic acids is 2. The highest BCUT2D eigenvalue weighted by Crippen LogP contribution is 2.42. The van der Waals surface area contributed by atoms with Gasteiger partial charge in [-0.3, -0.25) is 9.59 Å². The molecule has 0 aromatic heterocycles. The van der Waals surface area contributed by atoms with Gasteiger partial charge in [-0.05, 0) is 49.4 Å². The minimum absolute atomic E-state index is 0.276. The second kappa shape index (κ2) is 14.0. The number of nitrogens with one attached hydrogen (secondary N) is 2. The number of carbonyl (C=O) groups is 2. The van der Waals surface area contributed by atoms with Crippen LogP contribution in [0.1, 0.15) is 153 Å². The summed E-state index contributed by atoms with van der Waals surface area (Å²) in [5, 5.41) is 30.1. The van der Waals surface area contributed by atoms with E-state index in [0.29, 0.717) is 38.5 Å². The van der Waals surface area contributed by atoms with E-state index in [1.165, 1.54) is 0 Å². The summed E-state index contributed by atoms with van der Waals surface area (Å²) in [4.78, 5) is 28.5. The van der Waals surface area contributed by atoms with E-state index >= 15 is 0 Å². The van der Waals surface area contributed by atoms with E-state index < -0.39 is 39.5 Å². The fourth-order valence-electron chi connectivity index (χ4n) is 7.12. The summed E-state index contributed by atoms with van der Waals surface area (Å²) in [6.07, 6.45) is 9.20. The van der Waals surface area contributed by atoms with E-state index in [-0.39, 0.29) is 11.8 Å². The zero-order valence-electron chi connectivity index (χ0n) is 26.6. The van der Waals surface area contributed by atoms with Gasteiger partial charge in [0, 0.05) is 0 Å². The highest BCUT2D eigenvalue weighted by Gasteiger charge is 2.53. The molecule has 0 bridgehead atoms. The summed E-state index contributed by atoms with van der Waals surface area (Å²) in [5.74, 6) is -0.551. The van der Waals surface area contributed by atoms with Crippen LogP contribution in [0.2, 0.25) is 0 Å². The van der Waals surface area contributed by atoms with Crippen LogP contribution in [-0.2, 0) is 9.59 Å². The molecule has 0 aliphatic heterocycles. The lowest BCUT2D eigenvalue weighted by atomic mass is 9.68. The van der Waals surface area contributed by atoms with Crippen molar-refractivity contribution >= 4 is 11.8 Å². The third kappa shape index (κ3) is 8.43. The van der Waals surface area contributed by atoms with Crippen LogP contribution in [0, 0.1) is 16.2 Å². The molecule has 38 heavy (non-hydrogen) atoms. The van der Waals surface area contributed by atoms with Crippen molar-refractivity contribution in [2.24, 2.45) is 16.2 Å². The van der Waals surface area contributed by atoms with Crippen LogP contribution in [0.3, 0.4) is 0 Å². The molecule has 1 rings (SSSR count). The van der Waals surface area contributed by atoms with Gasteiger partial charge in [0.2, 0.25) is 11.8 Å². The van der Waals surface area contributed by atoms with Gasteiger partial charge in [0.05, 0.1) is 23.3 Å². The molecular formula is C32H62N2O4. The minimum Gasteiger partial charge on any atom is -0.388 e. The van der Waals surface area contributed by atoms with Gasteiger partial charge < -0.3 is 20.8 Å². The van der Waals surface area contributed by atoms with Crippen molar-refractivity contribution in [3.05, 3.63) is 0 Å². The van der Waals surface area contributed by atoms with Gasteiger partial charge in [-0.1, -0.05) is 114 Å². The Labute approximate surface area is 234 Å². The summed E-state index contributed by atoms with van der Waals surface area (Å²) >= 11 is 0. The average Bonchev–Trinajstić information content (AvgIpc) is 2.80. The molecule has 6 nitrogen and oxygen atoms in total. The van der Waals surface area contributed by atoms with Gasteiger partial charge in [0.1, 0.15) is 5.41 Å². The summed E-state index contributed by atoms with van der Waals surface area (Å²) in [7, 11) is 0. The molecule has 0 unspecified atom stereocenters. The lowest BCUT2D eigenvalue weighted by molar-refractivity contribution is -0.153. The highest BCUT2D eigenvalue weighted by molar-refractivity contribution is 6.05. The smallest absolute Gasteiger partial charge is 0.236 e. The van der Waals surface area contributed by atoms with Crippen molar-refractivity contribution in [2.75, 3.05) is 0 Å². The molecule has 1 saturated carbocycles. The normalized spacial score (nSPS) is 18.5. The predicted molar refractivity (Wildman–Crippen MR) is 158 cm³/mol. The van der Waals surface area contributed by atoms with Crippen molar-refractivity contribution in [2.45, 2.75) is 176 Å². The molecule has 1 fully saturated rings. The van der Waals surface area contributed by atoms with Gasteiger partial charge in [0.25, 0.3) is 0 Å². The van der Waals surface area contributed by atoms with Gasteiger partial charge in [-0.2, -0.15) is 0 Å². The van der Waals surface area contributed by atoms with Gasteiger partial charge >= 0.3 is 0 Å². The van der Waals surface area contributed by atoms with Gasteiger partial charge in [0.15, 0.2) is 0 Å². The first kappa shape index (κ1) is 34.9. The molecule has 0 radical (unpaired) electrons. The van der Waals surface area contributed by atoms with Crippen LogP contribution in [-0.4, -0.2) is 45.3 Å². The third-order valence-corrected chi connectivity index (χ3v) is 8.67. The second-order valence-electron chi connectivity index (χ2n) is 14.4. The van der Waals surface area contributed by atoms with Crippen molar-refractivity contribution in [3.63, 3.8) is 0 Å². The number of amides is 2. The first-order valence-corrected chi connectivity index (χ1v) is 15.5. The molecule has 6 heteroatoms. The number of rotatable bonds is 14. The van der Waals surface area contributed by atoms with Crippen molar-refractivity contribution in [3.8, 4) is 0 Å². The van der Waals surface area contributed by atoms with E-state index in [2.05, 4.69) is 38.3 Å². The predicted octanol–water partition coefficient (Wildman–Crippen LogP) is 6.66. The lowest BCUT2D eigenvalue weighted by Crippen LogP contribution is -2.66. The molecular weight excluding hydrogens is 476 g/mol. The Morgan fingerprint density at radius 3 is 1.16 bits per heavy atom. The number of hydrogen-bond acceptors (Lipinski definition) is 4. The maximum atomic E-state index is 14.3. The summed E-state index contributed by atoms with van der Waals surface area (Å²) in [5.41, 5.74) is -4.07. The van der Waals surface area contributed by atoms with Crippen molar-refractivity contribution in [1.29, 1.82) is 0 Å². The molecule has 224 valence electrons. The zero-order valence-corrected chi connectivity index (χ0v) is 26.6. The highest BCUT2D eigenvalue weighted by atomic mass is 16.3. The quantitative estimate of drug-likeness (QED) is 0.186. The molecule has 4 N–H and O–H groups in total.